The van der Waals surface area contributed by atoms with Crippen LogP contribution in [0.25, 0.3) is 11.0 Å². The Morgan fingerprint density at radius 1 is 1.47 bits per heavy atom. The molecule has 4 heteroatoms. The maximum atomic E-state index is 4.73. The van der Waals surface area contributed by atoms with Crippen molar-refractivity contribution in [1.82, 2.24) is 19.9 Å². The van der Waals surface area contributed by atoms with E-state index in [9.17, 15) is 0 Å². The fourth-order valence-corrected chi connectivity index (χ4v) is 2.67. The van der Waals surface area contributed by atoms with Gasteiger partial charge in [-0.2, -0.15) is 0 Å². The third-order valence-electron chi connectivity index (χ3n) is 3.70. The molecular weight excluding hydrogens is 212 g/mol. The van der Waals surface area contributed by atoms with E-state index < -0.39 is 0 Å². The van der Waals surface area contributed by atoms with E-state index in [-0.39, 0.29) is 0 Å². The van der Waals surface area contributed by atoms with E-state index in [0.29, 0.717) is 6.04 Å². The van der Waals surface area contributed by atoms with Gasteiger partial charge in [-0.05, 0) is 31.4 Å². The standard InChI is InChI=1S/C13H18N4/c1-9-3-6-15-11(7-9)13-16-10-4-5-14-8-12(10)17(13)2/h4-5,8-9,11,15H,3,6-7H2,1-2H3. The molecule has 2 aromatic heterocycles. The summed E-state index contributed by atoms with van der Waals surface area (Å²) in [4.78, 5) is 8.90. The van der Waals surface area contributed by atoms with Gasteiger partial charge in [0.05, 0.1) is 23.3 Å². The molecule has 2 aromatic rings. The van der Waals surface area contributed by atoms with Gasteiger partial charge < -0.3 is 9.88 Å². The Hall–Kier alpha value is -1.42. The highest BCUT2D eigenvalue weighted by atomic mass is 15.1. The van der Waals surface area contributed by atoms with Gasteiger partial charge in [0.1, 0.15) is 5.82 Å². The molecule has 0 spiro atoms. The van der Waals surface area contributed by atoms with Crippen LogP contribution in [0, 0.1) is 5.92 Å². The molecule has 0 aliphatic carbocycles. The first-order valence-electron chi connectivity index (χ1n) is 6.25. The third-order valence-corrected chi connectivity index (χ3v) is 3.70. The molecule has 90 valence electrons. The highest BCUT2D eigenvalue weighted by molar-refractivity contribution is 5.74. The summed E-state index contributed by atoms with van der Waals surface area (Å²) in [6, 6.07) is 2.36. The highest BCUT2D eigenvalue weighted by Crippen LogP contribution is 2.27. The minimum atomic E-state index is 0.385. The lowest BCUT2D eigenvalue weighted by atomic mass is 9.94. The smallest absolute Gasteiger partial charge is 0.126 e. The Bertz CT molecular complexity index is 531. The lowest BCUT2D eigenvalue weighted by molar-refractivity contribution is 0.312. The van der Waals surface area contributed by atoms with Crippen LogP contribution in [-0.4, -0.2) is 21.1 Å². The van der Waals surface area contributed by atoms with Crippen molar-refractivity contribution in [2.45, 2.75) is 25.8 Å². The summed E-state index contributed by atoms with van der Waals surface area (Å²) in [6.07, 6.45) is 6.13. The number of fused-ring (bicyclic) bond motifs is 1. The summed E-state index contributed by atoms with van der Waals surface area (Å²) in [5.41, 5.74) is 2.15. The van der Waals surface area contributed by atoms with E-state index in [1.54, 1.807) is 6.20 Å². The minimum Gasteiger partial charge on any atom is -0.329 e. The molecule has 1 aliphatic heterocycles. The molecule has 0 amide bonds. The van der Waals surface area contributed by atoms with Crippen molar-refractivity contribution in [3.05, 3.63) is 24.3 Å². The van der Waals surface area contributed by atoms with Crippen LogP contribution in [0.2, 0.25) is 0 Å². The highest BCUT2D eigenvalue weighted by Gasteiger charge is 2.23. The fourth-order valence-electron chi connectivity index (χ4n) is 2.67. The van der Waals surface area contributed by atoms with E-state index in [4.69, 9.17) is 4.98 Å². The zero-order valence-electron chi connectivity index (χ0n) is 10.3. The van der Waals surface area contributed by atoms with Gasteiger partial charge in [0.2, 0.25) is 0 Å². The lowest BCUT2D eigenvalue weighted by Gasteiger charge is -2.27. The maximum absolute atomic E-state index is 4.73. The molecule has 1 saturated heterocycles. The number of pyridine rings is 1. The number of aromatic nitrogens is 3. The first-order chi connectivity index (χ1) is 8.25. The number of rotatable bonds is 1. The molecule has 1 N–H and O–H groups in total. The number of nitrogens with one attached hydrogen (secondary N) is 1. The second kappa shape index (κ2) is 4.11. The largest absolute Gasteiger partial charge is 0.329 e. The molecule has 2 atom stereocenters. The van der Waals surface area contributed by atoms with Crippen molar-refractivity contribution in [3.63, 3.8) is 0 Å². The van der Waals surface area contributed by atoms with Crippen LogP contribution >= 0.6 is 0 Å². The average molecular weight is 230 g/mol. The summed E-state index contributed by atoms with van der Waals surface area (Å²) < 4.78 is 2.16. The molecule has 0 saturated carbocycles. The summed E-state index contributed by atoms with van der Waals surface area (Å²) >= 11 is 0. The van der Waals surface area contributed by atoms with E-state index in [1.807, 2.05) is 12.3 Å². The Balaban J connectivity index is 2.02. The zero-order valence-corrected chi connectivity index (χ0v) is 10.3. The number of hydrogen-bond donors (Lipinski definition) is 1. The van der Waals surface area contributed by atoms with Gasteiger partial charge in [-0.15, -0.1) is 0 Å². The topological polar surface area (TPSA) is 42.7 Å². The molecule has 0 bridgehead atoms. The van der Waals surface area contributed by atoms with Crippen molar-refractivity contribution in [2.24, 2.45) is 13.0 Å². The second-order valence-electron chi connectivity index (χ2n) is 5.03. The van der Waals surface area contributed by atoms with Gasteiger partial charge in [0, 0.05) is 13.2 Å². The molecule has 3 heterocycles. The van der Waals surface area contributed by atoms with Crippen molar-refractivity contribution < 1.29 is 0 Å². The van der Waals surface area contributed by atoms with E-state index in [0.717, 1.165) is 29.3 Å². The molecular formula is C13H18N4. The molecule has 17 heavy (non-hydrogen) atoms. The molecule has 0 radical (unpaired) electrons. The zero-order chi connectivity index (χ0) is 11.8. The SMILES string of the molecule is CC1CCNC(c2nc3ccncc3n2C)C1. The summed E-state index contributed by atoms with van der Waals surface area (Å²) in [7, 11) is 2.08. The van der Waals surface area contributed by atoms with Crippen molar-refractivity contribution >= 4 is 11.0 Å². The first-order valence-corrected chi connectivity index (χ1v) is 6.25. The van der Waals surface area contributed by atoms with Crippen molar-refractivity contribution in [1.29, 1.82) is 0 Å². The van der Waals surface area contributed by atoms with Crippen molar-refractivity contribution in [2.75, 3.05) is 6.54 Å². The van der Waals surface area contributed by atoms with E-state index in [1.165, 1.54) is 12.8 Å². The van der Waals surface area contributed by atoms with Crippen LogP contribution in [0.4, 0.5) is 0 Å². The van der Waals surface area contributed by atoms with Crippen LogP contribution in [0.1, 0.15) is 31.6 Å². The first kappa shape index (κ1) is 10.7. The number of nitrogens with zero attached hydrogens (tertiary/aromatic N) is 3. The number of aryl methyl sites for hydroxylation is 1. The summed E-state index contributed by atoms with van der Waals surface area (Å²) in [5.74, 6) is 1.92. The monoisotopic (exact) mass is 230 g/mol. The van der Waals surface area contributed by atoms with Gasteiger partial charge in [-0.1, -0.05) is 6.92 Å². The van der Waals surface area contributed by atoms with Gasteiger partial charge in [-0.25, -0.2) is 4.98 Å². The molecule has 1 aliphatic rings. The van der Waals surface area contributed by atoms with Crippen LogP contribution < -0.4 is 5.32 Å². The van der Waals surface area contributed by atoms with Crippen LogP contribution in [0.5, 0.6) is 0 Å². The van der Waals surface area contributed by atoms with Crippen molar-refractivity contribution in [3.8, 4) is 0 Å². The van der Waals surface area contributed by atoms with Gasteiger partial charge in [-0.3, -0.25) is 4.98 Å². The molecule has 4 nitrogen and oxygen atoms in total. The molecule has 0 aromatic carbocycles. The Labute approximate surface area is 101 Å². The van der Waals surface area contributed by atoms with Gasteiger partial charge in [0.25, 0.3) is 0 Å². The van der Waals surface area contributed by atoms with Crippen LogP contribution in [0.15, 0.2) is 18.5 Å². The number of piperidine rings is 1. The van der Waals surface area contributed by atoms with Crippen LogP contribution in [-0.2, 0) is 7.05 Å². The maximum Gasteiger partial charge on any atom is 0.126 e. The molecule has 3 rings (SSSR count). The fraction of sp³-hybridized carbons (Fsp3) is 0.538. The number of imidazole rings is 1. The van der Waals surface area contributed by atoms with Gasteiger partial charge in [0.15, 0.2) is 0 Å². The minimum absolute atomic E-state index is 0.385. The summed E-state index contributed by atoms with van der Waals surface area (Å²) in [6.45, 7) is 3.41. The predicted molar refractivity (Wildman–Crippen MR) is 67.7 cm³/mol. The molecule has 1 fully saturated rings. The van der Waals surface area contributed by atoms with Crippen LogP contribution in [0.3, 0.4) is 0 Å². The van der Waals surface area contributed by atoms with E-state index in [2.05, 4.69) is 28.8 Å². The lowest BCUT2D eigenvalue weighted by Crippen LogP contribution is -2.32. The quantitative estimate of drug-likeness (QED) is 0.815. The average Bonchev–Trinajstić information content (AvgIpc) is 2.68. The Morgan fingerprint density at radius 2 is 2.35 bits per heavy atom. The van der Waals surface area contributed by atoms with E-state index >= 15 is 0 Å². The molecule has 2 unspecified atom stereocenters. The third kappa shape index (κ3) is 1.82. The Morgan fingerprint density at radius 3 is 3.12 bits per heavy atom. The summed E-state index contributed by atoms with van der Waals surface area (Å²) in [5, 5.41) is 3.56. The second-order valence-corrected chi connectivity index (χ2v) is 5.03. The predicted octanol–water partition coefficient (Wildman–Crippen LogP) is 2.03. The number of hydrogen-bond acceptors (Lipinski definition) is 3. The normalized spacial score (nSPS) is 25.3. The Kier molecular flexibility index (Phi) is 2.59. The van der Waals surface area contributed by atoms with Gasteiger partial charge >= 0.3 is 0 Å².